The number of hydrogen-bond donors (Lipinski definition) is 1. The second kappa shape index (κ2) is 6.27. The minimum absolute atomic E-state index is 0.0943. The molecule has 136 valence electrons. The summed E-state index contributed by atoms with van der Waals surface area (Å²) in [6, 6.07) is 18.7. The number of para-hydroxylation sites is 3. The van der Waals surface area contributed by atoms with Crippen LogP contribution in [0.5, 0.6) is 0 Å². The number of carbonyl (C=O) groups excluding carboxylic acids is 1. The van der Waals surface area contributed by atoms with Crippen molar-refractivity contribution in [1.82, 2.24) is 19.4 Å². The number of aryl methyl sites for hydroxylation is 1. The van der Waals surface area contributed by atoms with Crippen molar-refractivity contribution in [2.24, 2.45) is 0 Å². The summed E-state index contributed by atoms with van der Waals surface area (Å²) in [7, 11) is 0. The number of benzene rings is 2. The number of aromatic nitrogens is 3. The van der Waals surface area contributed by atoms with Gasteiger partial charge in [0.1, 0.15) is 11.5 Å². The zero-order valence-electron chi connectivity index (χ0n) is 15.4. The first-order valence-corrected chi connectivity index (χ1v) is 9.51. The van der Waals surface area contributed by atoms with Gasteiger partial charge in [-0.3, -0.25) is 4.79 Å². The lowest BCUT2D eigenvalue weighted by atomic mass is 10.0. The quantitative estimate of drug-likeness (QED) is 0.581. The maximum atomic E-state index is 12.9. The minimum Gasteiger partial charge on any atom is -0.351 e. The summed E-state index contributed by atoms with van der Waals surface area (Å²) in [6.07, 6.45) is 1.90. The van der Waals surface area contributed by atoms with Gasteiger partial charge in [0.15, 0.2) is 0 Å². The molecular weight excluding hydrogens is 336 g/mol. The van der Waals surface area contributed by atoms with Gasteiger partial charge in [0.05, 0.1) is 11.0 Å². The zero-order valence-corrected chi connectivity index (χ0v) is 15.4. The third-order valence-electron chi connectivity index (χ3n) is 5.65. The number of fused-ring (bicyclic) bond motifs is 2. The Hall–Kier alpha value is -3.08. The Balaban J connectivity index is 1.35. The average molecular weight is 358 g/mol. The summed E-state index contributed by atoms with van der Waals surface area (Å²) < 4.78 is 2.35. The molecule has 0 spiro atoms. The van der Waals surface area contributed by atoms with Crippen molar-refractivity contribution in [2.75, 3.05) is 13.1 Å². The van der Waals surface area contributed by atoms with Crippen molar-refractivity contribution >= 4 is 27.8 Å². The van der Waals surface area contributed by atoms with E-state index in [9.17, 15) is 4.79 Å². The summed E-state index contributed by atoms with van der Waals surface area (Å²) >= 11 is 0. The molecule has 5 heteroatoms. The predicted molar refractivity (Wildman–Crippen MR) is 107 cm³/mol. The number of carbonyl (C=O) groups is 1. The maximum absolute atomic E-state index is 12.9. The molecule has 0 bridgehead atoms. The van der Waals surface area contributed by atoms with E-state index in [1.165, 1.54) is 5.52 Å². The van der Waals surface area contributed by atoms with Crippen LogP contribution in [0.25, 0.3) is 21.9 Å². The molecule has 0 aliphatic carbocycles. The Labute approximate surface area is 157 Å². The molecule has 1 fully saturated rings. The number of imidazole rings is 1. The molecule has 0 radical (unpaired) electrons. The number of aromatic amines is 1. The number of likely N-dealkylation sites (tertiary alicyclic amines) is 1. The molecule has 1 aliphatic rings. The minimum atomic E-state index is 0.0943. The van der Waals surface area contributed by atoms with Gasteiger partial charge in [-0.15, -0.1) is 0 Å². The Kier molecular flexibility index (Phi) is 3.74. The largest absolute Gasteiger partial charge is 0.351 e. The van der Waals surface area contributed by atoms with Gasteiger partial charge in [-0.2, -0.15) is 0 Å². The van der Waals surface area contributed by atoms with E-state index in [1.54, 1.807) is 0 Å². The summed E-state index contributed by atoms with van der Waals surface area (Å²) in [5, 5.41) is 1.08. The first-order valence-electron chi connectivity index (χ1n) is 9.51. The fourth-order valence-corrected chi connectivity index (χ4v) is 4.31. The van der Waals surface area contributed by atoms with Gasteiger partial charge in [0.25, 0.3) is 5.91 Å². The molecule has 4 aromatic rings. The van der Waals surface area contributed by atoms with Gasteiger partial charge in [0.2, 0.25) is 0 Å². The van der Waals surface area contributed by atoms with Crippen LogP contribution < -0.4 is 0 Å². The van der Waals surface area contributed by atoms with Crippen LogP contribution in [0.3, 0.4) is 0 Å². The number of nitrogens with zero attached hydrogens (tertiary/aromatic N) is 3. The van der Waals surface area contributed by atoms with Crippen LogP contribution in [0.2, 0.25) is 0 Å². The number of amides is 1. The smallest absolute Gasteiger partial charge is 0.270 e. The molecule has 5 nitrogen and oxygen atoms in total. The van der Waals surface area contributed by atoms with E-state index in [0.29, 0.717) is 11.7 Å². The molecule has 0 unspecified atom stereocenters. The van der Waals surface area contributed by atoms with Crippen molar-refractivity contribution < 1.29 is 4.79 Å². The van der Waals surface area contributed by atoms with Gasteiger partial charge in [-0.05, 0) is 44.0 Å². The maximum Gasteiger partial charge on any atom is 0.270 e. The Morgan fingerprint density at radius 3 is 2.63 bits per heavy atom. The first-order chi connectivity index (χ1) is 13.2. The number of H-pyrrole nitrogens is 1. The predicted octanol–water partition coefficient (Wildman–Crippen LogP) is 4.30. The highest BCUT2D eigenvalue weighted by molar-refractivity contribution is 5.98. The summed E-state index contributed by atoms with van der Waals surface area (Å²) in [5.41, 5.74) is 3.93. The molecule has 2 aromatic heterocycles. The second-order valence-corrected chi connectivity index (χ2v) is 7.31. The van der Waals surface area contributed by atoms with Crippen molar-refractivity contribution in [3.63, 3.8) is 0 Å². The monoisotopic (exact) mass is 358 g/mol. The van der Waals surface area contributed by atoms with Gasteiger partial charge in [-0.25, -0.2) is 4.98 Å². The molecule has 1 saturated heterocycles. The van der Waals surface area contributed by atoms with E-state index in [-0.39, 0.29) is 5.91 Å². The highest BCUT2D eigenvalue weighted by atomic mass is 16.2. The average Bonchev–Trinajstić information content (AvgIpc) is 3.27. The van der Waals surface area contributed by atoms with Crippen LogP contribution in [0.4, 0.5) is 0 Å². The SMILES string of the molecule is Cc1nc2ccccc2n1C1CCN(C(=O)c2cc3ccccc3[nH]2)CC1. The number of hydrogen-bond acceptors (Lipinski definition) is 2. The molecular formula is C22H22N4O. The Morgan fingerprint density at radius 2 is 1.81 bits per heavy atom. The molecule has 2 aromatic carbocycles. The van der Waals surface area contributed by atoms with Crippen LogP contribution in [0.1, 0.15) is 35.2 Å². The van der Waals surface area contributed by atoms with Crippen LogP contribution in [-0.2, 0) is 0 Å². The summed E-state index contributed by atoms with van der Waals surface area (Å²) in [5.74, 6) is 1.15. The van der Waals surface area contributed by atoms with E-state index >= 15 is 0 Å². The fourth-order valence-electron chi connectivity index (χ4n) is 4.31. The van der Waals surface area contributed by atoms with Gasteiger partial charge < -0.3 is 14.5 Å². The number of piperidine rings is 1. The summed E-state index contributed by atoms with van der Waals surface area (Å²) in [4.78, 5) is 22.8. The first kappa shape index (κ1) is 16.1. The topological polar surface area (TPSA) is 53.9 Å². The van der Waals surface area contributed by atoms with Gasteiger partial charge in [-0.1, -0.05) is 30.3 Å². The highest BCUT2D eigenvalue weighted by Crippen LogP contribution is 2.29. The van der Waals surface area contributed by atoms with E-state index < -0.39 is 0 Å². The van der Waals surface area contributed by atoms with E-state index in [1.807, 2.05) is 41.3 Å². The zero-order chi connectivity index (χ0) is 18.4. The molecule has 1 N–H and O–H groups in total. The molecule has 3 heterocycles. The third kappa shape index (κ3) is 2.70. The number of nitrogens with one attached hydrogen (secondary N) is 1. The lowest BCUT2D eigenvalue weighted by Crippen LogP contribution is -2.39. The lowest BCUT2D eigenvalue weighted by molar-refractivity contribution is 0.0690. The van der Waals surface area contributed by atoms with Crippen LogP contribution >= 0.6 is 0 Å². The van der Waals surface area contributed by atoms with Crippen molar-refractivity contribution in [3.8, 4) is 0 Å². The standard InChI is InChI=1S/C22H22N4O/c1-15-23-19-8-4-5-9-21(19)26(15)17-10-12-25(13-11-17)22(27)20-14-16-6-2-3-7-18(16)24-20/h2-9,14,17,24H,10-13H2,1H3. The second-order valence-electron chi connectivity index (χ2n) is 7.31. The van der Waals surface area contributed by atoms with E-state index in [0.717, 1.165) is 48.2 Å². The third-order valence-corrected chi connectivity index (χ3v) is 5.65. The van der Waals surface area contributed by atoms with Gasteiger partial charge in [0, 0.05) is 30.0 Å². The molecule has 1 amide bonds. The normalized spacial score (nSPS) is 15.7. The van der Waals surface area contributed by atoms with Gasteiger partial charge >= 0.3 is 0 Å². The number of rotatable bonds is 2. The highest BCUT2D eigenvalue weighted by Gasteiger charge is 2.27. The van der Waals surface area contributed by atoms with Crippen LogP contribution in [-0.4, -0.2) is 38.4 Å². The van der Waals surface area contributed by atoms with E-state index in [2.05, 4.69) is 34.7 Å². The Morgan fingerprint density at radius 1 is 1.07 bits per heavy atom. The molecule has 1 aliphatic heterocycles. The van der Waals surface area contributed by atoms with Crippen LogP contribution in [0.15, 0.2) is 54.6 Å². The van der Waals surface area contributed by atoms with Crippen molar-refractivity contribution in [1.29, 1.82) is 0 Å². The summed E-state index contributed by atoms with van der Waals surface area (Å²) in [6.45, 7) is 3.61. The molecule has 0 saturated carbocycles. The Bertz CT molecular complexity index is 1100. The van der Waals surface area contributed by atoms with Crippen molar-refractivity contribution in [2.45, 2.75) is 25.8 Å². The van der Waals surface area contributed by atoms with Crippen molar-refractivity contribution in [3.05, 3.63) is 66.1 Å². The molecule has 27 heavy (non-hydrogen) atoms. The van der Waals surface area contributed by atoms with E-state index in [4.69, 9.17) is 4.98 Å². The molecule has 5 rings (SSSR count). The fraction of sp³-hybridized carbons (Fsp3) is 0.273. The van der Waals surface area contributed by atoms with Crippen LogP contribution in [0, 0.1) is 6.92 Å². The lowest BCUT2D eigenvalue weighted by Gasteiger charge is -2.33. The molecule has 0 atom stereocenters.